The van der Waals surface area contributed by atoms with E-state index in [0.29, 0.717) is 41.2 Å². The van der Waals surface area contributed by atoms with Crippen LogP contribution in [0.4, 0.5) is 5.95 Å². The van der Waals surface area contributed by atoms with Gasteiger partial charge in [0.15, 0.2) is 22.9 Å². The number of fused-ring (bicyclic) bond motifs is 1. The fourth-order valence-electron chi connectivity index (χ4n) is 3.76. The molecule has 9 nitrogen and oxygen atoms in total. The van der Waals surface area contributed by atoms with E-state index in [1.54, 1.807) is 42.5 Å². The molecule has 0 aliphatic heterocycles. The van der Waals surface area contributed by atoms with Crippen LogP contribution in [0.2, 0.25) is 0 Å². The predicted molar refractivity (Wildman–Crippen MR) is 131 cm³/mol. The van der Waals surface area contributed by atoms with Crippen LogP contribution in [-0.2, 0) is 13.0 Å². The largest absolute Gasteiger partial charge is 0.493 e. The summed E-state index contributed by atoms with van der Waals surface area (Å²) in [5.74, 6) is 2.98. The van der Waals surface area contributed by atoms with E-state index in [9.17, 15) is 0 Å². The van der Waals surface area contributed by atoms with Crippen molar-refractivity contribution < 1.29 is 13.9 Å². The number of rotatable bonds is 8. The maximum atomic E-state index is 5.54. The van der Waals surface area contributed by atoms with Crippen molar-refractivity contribution in [1.82, 2.24) is 24.6 Å². The number of nitrogens with one attached hydrogen (secondary N) is 1. The maximum Gasteiger partial charge on any atom is 0.226 e. The Morgan fingerprint density at radius 1 is 1.12 bits per heavy atom. The number of aromatic nitrogens is 5. The summed E-state index contributed by atoms with van der Waals surface area (Å²) in [6.07, 6.45) is 4.29. The van der Waals surface area contributed by atoms with E-state index in [0.717, 1.165) is 28.2 Å². The van der Waals surface area contributed by atoms with Crippen molar-refractivity contribution in [3.63, 3.8) is 0 Å². The Hall–Kier alpha value is -3.92. The standard InChI is InChI=1S/C24H24N6O3S/c1-5-20-21(27-14(2)34-20)16-13-26-24(25-12-15-8-9-17(31-3)19(11-15)32-4)30-23(16)28-22(29-30)18-7-6-10-33-18/h6-11,13H,5,12H2,1-4H3,(H,25,26). The summed E-state index contributed by atoms with van der Waals surface area (Å²) in [5, 5.41) is 9.07. The van der Waals surface area contributed by atoms with E-state index in [1.165, 1.54) is 4.88 Å². The molecule has 1 N–H and O–H groups in total. The molecule has 0 saturated carbocycles. The number of anilines is 1. The van der Waals surface area contributed by atoms with Gasteiger partial charge in [-0.1, -0.05) is 13.0 Å². The topological polar surface area (TPSA) is 99.6 Å². The highest BCUT2D eigenvalue weighted by Crippen LogP contribution is 2.33. The molecule has 10 heteroatoms. The van der Waals surface area contributed by atoms with Crippen molar-refractivity contribution in [3.8, 4) is 34.3 Å². The fraction of sp³-hybridized carbons (Fsp3) is 0.250. The SMILES string of the molecule is CCc1sc(C)nc1-c1cnc(NCc2ccc(OC)c(OC)c2)n2nc(-c3ccco3)nc12. The second-order valence-electron chi connectivity index (χ2n) is 7.54. The van der Waals surface area contributed by atoms with Crippen LogP contribution in [0.1, 0.15) is 22.4 Å². The molecule has 0 fully saturated rings. The van der Waals surface area contributed by atoms with Crippen molar-refractivity contribution in [3.05, 3.63) is 58.2 Å². The van der Waals surface area contributed by atoms with Crippen molar-refractivity contribution in [2.45, 2.75) is 26.8 Å². The predicted octanol–water partition coefficient (Wildman–Crippen LogP) is 5.01. The molecule has 0 atom stereocenters. The third-order valence-corrected chi connectivity index (χ3v) is 6.50. The Morgan fingerprint density at radius 2 is 1.97 bits per heavy atom. The molecule has 5 aromatic rings. The first kappa shape index (κ1) is 21.9. The zero-order chi connectivity index (χ0) is 23.7. The summed E-state index contributed by atoms with van der Waals surface area (Å²) in [4.78, 5) is 15.4. The first-order valence-corrected chi connectivity index (χ1v) is 11.6. The van der Waals surface area contributed by atoms with Crippen LogP contribution >= 0.6 is 11.3 Å². The summed E-state index contributed by atoms with van der Waals surface area (Å²) in [6.45, 7) is 4.64. The van der Waals surface area contributed by atoms with E-state index in [2.05, 4.69) is 17.2 Å². The van der Waals surface area contributed by atoms with Crippen molar-refractivity contribution >= 4 is 22.9 Å². The zero-order valence-electron chi connectivity index (χ0n) is 19.3. The number of benzene rings is 1. The second kappa shape index (κ2) is 9.14. The molecular weight excluding hydrogens is 452 g/mol. The average Bonchev–Trinajstić information content (AvgIpc) is 3.61. The summed E-state index contributed by atoms with van der Waals surface area (Å²) in [7, 11) is 3.24. The van der Waals surface area contributed by atoms with Gasteiger partial charge in [0.25, 0.3) is 0 Å². The van der Waals surface area contributed by atoms with Gasteiger partial charge < -0.3 is 19.2 Å². The minimum absolute atomic E-state index is 0.485. The van der Waals surface area contributed by atoms with Crippen LogP contribution in [0.5, 0.6) is 11.5 Å². The third-order valence-electron chi connectivity index (χ3n) is 5.39. The molecule has 174 valence electrons. The van der Waals surface area contributed by atoms with Gasteiger partial charge in [-0.15, -0.1) is 16.4 Å². The van der Waals surface area contributed by atoms with Crippen LogP contribution in [0.3, 0.4) is 0 Å². The van der Waals surface area contributed by atoms with Gasteiger partial charge in [-0.25, -0.2) is 15.0 Å². The summed E-state index contributed by atoms with van der Waals surface area (Å²) in [6, 6.07) is 9.43. The van der Waals surface area contributed by atoms with Gasteiger partial charge >= 0.3 is 0 Å². The summed E-state index contributed by atoms with van der Waals surface area (Å²) in [5.41, 5.74) is 3.40. The van der Waals surface area contributed by atoms with Crippen LogP contribution in [0.25, 0.3) is 28.5 Å². The third kappa shape index (κ3) is 3.96. The monoisotopic (exact) mass is 476 g/mol. The minimum Gasteiger partial charge on any atom is -0.493 e. The number of ether oxygens (including phenoxy) is 2. The summed E-state index contributed by atoms with van der Waals surface area (Å²) < 4.78 is 18.0. The highest BCUT2D eigenvalue weighted by atomic mass is 32.1. The number of hydrogen-bond donors (Lipinski definition) is 1. The van der Waals surface area contributed by atoms with Crippen LogP contribution < -0.4 is 14.8 Å². The maximum absolute atomic E-state index is 5.54. The Kier molecular flexibility index (Phi) is 5.89. The smallest absolute Gasteiger partial charge is 0.226 e. The normalized spacial score (nSPS) is 11.2. The van der Waals surface area contributed by atoms with Gasteiger partial charge in [-0.2, -0.15) is 4.52 Å². The van der Waals surface area contributed by atoms with Crippen molar-refractivity contribution in [2.24, 2.45) is 0 Å². The van der Waals surface area contributed by atoms with Crippen LogP contribution in [0.15, 0.2) is 47.2 Å². The Bertz CT molecular complexity index is 1440. The first-order valence-electron chi connectivity index (χ1n) is 10.8. The molecule has 0 saturated heterocycles. The highest BCUT2D eigenvalue weighted by Gasteiger charge is 2.20. The Labute approximate surface area is 200 Å². The number of nitrogens with zero attached hydrogens (tertiary/aromatic N) is 5. The van der Waals surface area contributed by atoms with E-state index >= 15 is 0 Å². The van der Waals surface area contributed by atoms with Gasteiger partial charge in [-0.05, 0) is 43.2 Å². The molecule has 0 spiro atoms. The Morgan fingerprint density at radius 3 is 2.71 bits per heavy atom. The van der Waals surface area contributed by atoms with E-state index < -0.39 is 0 Å². The van der Waals surface area contributed by atoms with E-state index in [1.807, 2.05) is 37.3 Å². The zero-order valence-corrected chi connectivity index (χ0v) is 20.1. The van der Waals surface area contributed by atoms with Crippen LogP contribution in [-0.4, -0.2) is 38.8 Å². The number of aryl methyl sites for hydroxylation is 2. The molecule has 0 amide bonds. The van der Waals surface area contributed by atoms with Gasteiger partial charge in [0, 0.05) is 17.6 Å². The van der Waals surface area contributed by atoms with Crippen LogP contribution in [0, 0.1) is 6.92 Å². The van der Waals surface area contributed by atoms with Gasteiger partial charge in [-0.3, -0.25) is 0 Å². The first-order chi connectivity index (χ1) is 16.6. The quantitative estimate of drug-likeness (QED) is 0.334. The molecular formula is C24H24N6O3S. The molecule has 0 aliphatic rings. The van der Waals surface area contributed by atoms with E-state index in [4.69, 9.17) is 29.0 Å². The average molecular weight is 477 g/mol. The molecule has 5 rings (SSSR count). The molecule has 4 heterocycles. The van der Waals surface area contributed by atoms with Gasteiger partial charge in [0.1, 0.15) is 0 Å². The van der Waals surface area contributed by atoms with E-state index in [-0.39, 0.29) is 0 Å². The Balaban J connectivity index is 1.56. The molecule has 0 aliphatic carbocycles. The fourth-order valence-corrected chi connectivity index (χ4v) is 4.65. The molecule has 0 bridgehead atoms. The lowest BCUT2D eigenvalue weighted by molar-refractivity contribution is 0.354. The number of hydrogen-bond acceptors (Lipinski definition) is 9. The van der Waals surface area contributed by atoms with Crippen molar-refractivity contribution in [1.29, 1.82) is 0 Å². The lowest BCUT2D eigenvalue weighted by Crippen LogP contribution is -2.08. The number of methoxy groups -OCH3 is 2. The molecule has 34 heavy (non-hydrogen) atoms. The lowest BCUT2D eigenvalue weighted by atomic mass is 10.2. The number of thiazole rings is 1. The molecule has 0 unspecified atom stereocenters. The summed E-state index contributed by atoms with van der Waals surface area (Å²) >= 11 is 1.69. The molecule has 0 radical (unpaired) electrons. The number of furan rings is 1. The minimum atomic E-state index is 0.485. The lowest BCUT2D eigenvalue weighted by Gasteiger charge is -2.11. The van der Waals surface area contributed by atoms with Crippen molar-refractivity contribution in [2.75, 3.05) is 19.5 Å². The van der Waals surface area contributed by atoms with Gasteiger partial charge in [0.05, 0.1) is 36.7 Å². The molecule has 1 aromatic carbocycles. The molecule has 4 aromatic heterocycles. The van der Waals surface area contributed by atoms with Gasteiger partial charge in [0.2, 0.25) is 11.8 Å². The second-order valence-corrected chi connectivity index (χ2v) is 8.83. The highest BCUT2D eigenvalue weighted by molar-refractivity contribution is 7.12.